The largest absolute Gasteiger partial charge is 0.304 e. The quantitative estimate of drug-likeness (QED) is 0.449. The van der Waals surface area contributed by atoms with Crippen LogP contribution in [0, 0.1) is 17.0 Å². The van der Waals surface area contributed by atoms with Gasteiger partial charge in [-0.1, -0.05) is 17.7 Å². The summed E-state index contributed by atoms with van der Waals surface area (Å²) in [6, 6.07) is 13.7. The van der Waals surface area contributed by atoms with Crippen molar-refractivity contribution in [2.75, 3.05) is 10.1 Å². The molecular weight excluding hydrogens is 360 g/mol. The molecule has 1 aliphatic heterocycles. The fraction of sp³-hybridized carbons (Fsp3) is 0.176. The first-order valence-corrected chi connectivity index (χ1v) is 10.0. The summed E-state index contributed by atoms with van der Waals surface area (Å²) < 4.78 is 25.5. The zero-order chi connectivity index (χ0) is 18.0. The van der Waals surface area contributed by atoms with Crippen molar-refractivity contribution >= 4 is 33.2 Å². The van der Waals surface area contributed by atoms with E-state index in [1.807, 2.05) is 35.5 Å². The van der Waals surface area contributed by atoms with Crippen LogP contribution in [0.3, 0.4) is 0 Å². The lowest BCUT2D eigenvalue weighted by Crippen LogP contribution is -2.30. The lowest BCUT2D eigenvalue weighted by Gasteiger charge is -2.28. The van der Waals surface area contributed by atoms with Gasteiger partial charge in [0.1, 0.15) is 0 Å². The van der Waals surface area contributed by atoms with E-state index in [9.17, 15) is 18.5 Å². The first kappa shape index (κ1) is 17.5. The highest BCUT2D eigenvalue weighted by Crippen LogP contribution is 2.34. The van der Waals surface area contributed by atoms with Gasteiger partial charge in [-0.2, -0.15) is 0 Å². The lowest BCUT2D eigenvalue weighted by atomic mass is 10.2. The Balaban J connectivity index is 1.89. The molecule has 0 amide bonds. The highest BCUT2D eigenvalue weighted by molar-refractivity contribution is 8.01. The van der Waals surface area contributed by atoms with E-state index in [0.717, 1.165) is 16.1 Å². The van der Waals surface area contributed by atoms with Gasteiger partial charge in [0.05, 0.1) is 16.7 Å². The van der Waals surface area contributed by atoms with Crippen LogP contribution >= 0.6 is 11.9 Å². The Hall–Kier alpha value is -2.32. The van der Waals surface area contributed by atoms with Crippen LogP contribution in [-0.2, 0) is 9.84 Å². The van der Waals surface area contributed by atoms with Gasteiger partial charge in [-0.05, 0) is 49.2 Å². The summed E-state index contributed by atoms with van der Waals surface area (Å²) in [5, 5.41) is 12.0. The Morgan fingerprint density at radius 3 is 2.28 bits per heavy atom. The number of sulfone groups is 1. The summed E-state index contributed by atoms with van der Waals surface area (Å²) in [6.45, 7) is 1.98. The third-order valence-corrected chi connectivity index (χ3v) is 6.29. The summed E-state index contributed by atoms with van der Waals surface area (Å²) in [4.78, 5) is 11.1. The number of nitrogens with zero attached hydrogens (tertiary/aromatic N) is 2. The van der Waals surface area contributed by atoms with Crippen molar-refractivity contribution in [1.29, 1.82) is 0 Å². The Labute approximate surface area is 150 Å². The topological polar surface area (TPSA) is 80.5 Å². The molecule has 0 unspecified atom stereocenters. The van der Waals surface area contributed by atoms with Crippen LogP contribution in [-0.4, -0.2) is 25.1 Å². The predicted molar refractivity (Wildman–Crippen MR) is 99.3 cm³/mol. The predicted octanol–water partition coefficient (Wildman–Crippen LogP) is 3.73. The van der Waals surface area contributed by atoms with Gasteiger partial charge in [0.25, 0.3) is 5.69 Å². The second-order valence-electron chi connectivity index (χ2n) is 5.73. The number of benzene rings is 2. The van der Waals surface area contributed by atoms with E-state index in [2.05, 4.69) is 0 Å². The summed E-state index contributed by atoms with van der Waals surface area (Å²) in [5.41, 5.74) is 2.01. The molecule has 0 radical (unpaired) electrons. The molecule has 25 heavy (non-hydrogen) atoms. The molecule has 2 aromatic rings. The van der Waals surface area contributed by atoms with E-state index >= 15 is 0 Å². The number of aryl methyl sites for hydroxylation is 1. The molecular formula is C17H16N2O4S2. The van der Waals surface area contributed by atoms with E-state index < -0.39 is 14.8 Å². The van der Waals surface area contributed by atoms with Crippen molar-refractivity contribution in [3.63, 3.8) is 0 Å². The molecule has 0 N–H and O–H groups in total. The van der Waals surface area contributed by atoms with E-state index in [1.165, 1.54) is 29.5 Å². The minimum absolute atomic E-state index is 0.0147. The summed E-state index contributed by atoms with van der Waals surface area (Å²) in [5.74, 6) is 0.0147. The third kappa shape index (κ3) is 4.21. The molecule has 3 rings (SSSR count). The number of nitro benzene ring substituents is 1. The second-order valence-corrected chi connectivity index (χ2v) is 8.71. The van der Waals surface area contributed by atoms with E-state index in [4.69, 9.17) is 0 Å². The zero-order valence-corrected chi connectivity index (χ0v) is 15.0. The smallest absolute Gasteiger partial charge is 0.269 e. The van der Waals surface area contributed by atoms with Crippen molar-refractivity contribution in [3.8, 4) is 0 Å². The molecule has 0 saturated carbocycles. The summed E-state index contributed by atoms with van der Waals surface area (Å²) in [7, 11) is -3.19. The van der Waals surface area contributed by atoms with Gasteiger partial charge in [0, 0.05) is 28.1 Å². The van der Waals surface area contributed by atoms with Crippen LogP contribution in [0.5, 0.6) is 0 Å². The number of anilines is 1. The Morgan fingerprint density at radius 2 is 1.76 bits per heavy atom. The molecule has 130 valence electrons. The van der Waals surface area contributed by atoms with Crippen molar-refractivity contribution < 1.29 is 13.3 Å². The molecule has 0 spiro atoms. The molecule has 8 heteroatoms. The molecule has 1 heterocycles. The fourth-order valence-electron chi connectivity index (χ4n) is 2.45. The first-order valence-electron chi connectivity index (χ1n) is 7.53. The van der Waals surface area contributed by atoms with Crippen molar-refractivity contribution in [1.82, 2.24) is 0 Å². The molecule has 0 aliphatic carbocycles. The lowest BCUT2D eigenvalue weighted by molar-refractivity contribution is -0.384. The van der Waals surface area contributed by atoms with Crippen molar-refractivity contribution in [3.05, 3.63) is 75.7 Å². The SMILES string of the molecule is Cc1ccc(N(Sc2ccc([N+](=O)[O-])cc2)[C@H]2C=CS(=O)(=O)C2)cc1. The van der Waals surface area contributed by atoms with Gasteiger partial charge in [-0.15, -0.1) is 0 Å². The molecule has 0 fully saturated rings. The highest BCUT2D eigenvalue weighted by Gasteiger charge is 2.28. The van der Waals surface area contributed by atoms with Crippen molar-refractivity contribution in [2.24, 2.45) is 0 Å². The average molecular weight is 376 g/mol. The normalized spacial score (nSPS) is 18.2. The molecule has 0 bridgehead atoms. The number of hydrogen-bond acceptors (Lipinski definition) is 6. The maximum atomic E-state index is 11.8. The van der Waals surface area contributed by atoms with Crippen LogP contribution < -0.4 is 4.31 Å². The van der Waals surface area contributed by atoms with E-state index in [0.29, 0.717) is 0 Å². The minimum Gasteiger partial charge on any atom is -0.304 e. The Morgan fingerprint density at radius 1 is 1.12 bits per heavy atom. The third-order valence-electron chi connectivity index (χ3n) is 3.75. The first-order chi connectivity index (χ1) is 11.8. The molecule has 0 saturated heterocycles. The fourth-order valence-corrected chi connectivity index (χ4v) is 4.81. The van der Waals surface area contributed by atoms with Gasteiger partial charge >= 0.3 is 0 Å². The van der Waals surface area contributed by atoms with Crippen LogP contribution in [0.25, 0.3) is 0 Å². The van der Waals surface area contributed by atoms with Crippen LogP contribution in [0.4, 0.5) is 11.4 Å². The molecule has 1 atom stereocenters. The number of non-ortho nitro benzene ring substituents is 1. The van der Waals surface area contributed by atoms with Crippen molar-refractivity contribution in [2.45, 2.75) is 17.9 Å². The van der Waals surface area contributed by atoms with Crippen LogP contribution in [0.1, 0.15) is 5.56 Å². The van der Waals surface area contributed by atoms with Crippen LogP contribution in [0.15, 0.2) is 64.9 Å². The maximum Gasteiger partial charge on any atom is 0.269 e. The van der Waals surface area contributed by atoms with Gasteiger partial charge in [0.15, 0.2) is 9.84 Å². The second kappa shape index (κ2) is 6.89. The minimum atomic E-state index is -3.19. The van der Waals surface area contributed by atoms with Gasteiger partial charge < -0.3 is 4.31 Å². The van der Waals surface area contributed by atoms with Crippen LogP contribution in [0.2, 0.25) is 0 Å². The summed E-state index contributed by atoms with van der Waals surface area (Å²) >= 11 is 1.36. The highest BCUT2D eigenvalue weighted by atomic mass is 32.2. The van der Waals surface area contributed by atoms with Gasteiger partial charge in [-0.3, -0.25) is 10.1 Å². The zero-order valence-electron chi connectivity index (χ0n) is 13.4. The average Bonchev–Trinajstić information content (AvgIpc) is 2.94. The number of rotatable bonds is 5. The van der Waals surface area contributed by atoms with E-state index in [-0.39, 0.29) is 17.5 Å². The Bertz CT molecular complexity index is 907. The number of hydrogen-bond donors (Lipinski definition) is 0. The molecule has 6 nitrogen and oxygen atoms in total. The standard InChI is InChI=1S/C17H16N2O4S2/c1-13-2-4-14(5-3-13)18(16-10-11-25(22,23)12-16)24-17-8-6-15(7-9-17)19(20)21/h2-11,16H,12H2,1H3/t16-/m0/s1. The monoisotopic (exact) mass is 376 g/mol. The molecule has 1 aliphatic rings. The van der Waals surface area contributed by atoms with E-state index in [1.54, 1.807) is 18.2 Å². The van der Waals surface area contributed by atoms with Gasteiger partial charge in [-0.25, -0.2) is 8.42 Å². The molecule has 0 aromatic heterocycles. The molecule has 2 aromatic carbocycles. The van der Waals surface area contributed by atoms with Gasteiger partial charge in [0.2, 0.25) is 0 Å². The Kier molecular flexibility index (Phi) is 4.82. The number of nitro groups is 1. The maximum absolute atomic E-state index is 11.8. The summed E-state index contributed by atoms with van der Waals surface area (Å²) in [6.07, 6.45) is 1.67.